The summed E-state index contributed by atoms with van der Waals surface area (Å²) in [5, 5.41) is 3.31. The Morgan fingerprint density at radius 3 is 2.50 bits per heavy atom. The lowest BCUT2D eigenvalue weighted by Gasteiger charge is -2.28. The first kappa shape index (κ1) is 13.0. The molecule has 2 nitrogen and oxygen atoms in total. The van der Waals surface area contributed by atoms with Crippen molar-refractivity contribution in [2.75, 3.05) is 24.5 Å². The molecule has 1 fully saturated rings. The standard InChI is InChI=1S/C16H22N2/c1-2-3-11-17-14-15-7-9-16(10-8-15)18-12-5-4-6-13-18/h7-10,17H,4-6,11-14H2,1H3. The maximum Gasteiger partial charge on any atom is 0.0578 e. The molecule has 1 aliphatic rings. The molecule has 18 heavy (non-hydrogen) atoms. The third-order valence-corrected chi connectivity index (χ3v) is 3.38. The predicted octanol–water partition coefficient (Wildman–Crippen LogP) is 2.79. The van der Waals surface area contributed by atoms with Crippen molar-refractivity contribution in [2.24, 2.45) is 0 Å². The van der Waals surface area contributed by atoms with Crippen LogP contribution in [-0.2, 0) is 6.54 Å². The summed E-state index contributed by atoms with van der Waals surface area (Å²) in [6.45, 7) is 5.96. The SMILES string of the molecule is CC#CCNCc1ccc(N2CCCCC2)cc1. The van der Waals surface area contributed by atoms with Crippen LogP contribution in [0.5, 0.6) is 0 Å². The summed E-state index contributed by atoms with van der Waals surface area (Å²) in [6, 6.07) is 8.92. The lowest BCUT2D eigenvalue weighted by Crippen LogP contribution is -2.29. The summed E-state index contributed by atoms with van der Waals surface area (Å²) >= 11 is 0. The highest BCUT2D eigenvalue weighted by Crippen LogP contribution is 2.20. The predicted molar refractivity (Wildman–Crippen MR) is 77.7 cm³/mol. The van der Waals surface area contributed by atoms with E-state index in [1.807, 2.05) is 6.92 Å². The fourth-order valence-corrected chi connectivity index (χ4v) is 2.33. The Morgan fingerprint density at radius 1 is 1.11 bits per heavy atom. The lowest BCUT2D eigenvalue weighted by molar-refractivity contribution is 0.578. The Bertz CT molecular complexity index is 405. The van der Waals surface area contributed by atoms with E-state index < -0.39 is 0 Å². The Kier molecular flexibility index (Phi) is 5.11. The van der Waals surface area contributed by atoms with Gasteiger partial charge in [0.15, 0.2) is 0 Å². The highest BCUT2D eigenvalue weighted by atomic mass is 15.1. The number of hydrogen-bond acceptors (Lipinski definition) is 2. The van der Waals surface area contributed by atoms with Crippen molar-refractivity contribution < 1.29 is 0 Å². The molecule has 1 aromatic rings. The number of benzene rings is 1. The quantitative estimate of drug-likeness (QED) is 0.645. The van der Waals surface area contributed by atoms with Gasteiger partial charge in [-0.3, -0.25) is 0 Å². The molecule has 0 amide bonds. The minimum Gasteiger partial charge on any atom is -0.372 e. The monoisotopic (exact) mass is 242 g/mol. The molecule has 96 valence electrons. The van der Waals surface area contributed by atoms with Gasteiger partial charge in [-0.15, -0.1) is 5.92 Å². The number of anilines is 1. The molecule has 0 aromatic heterocycles. The first-order chi connectivity index (χ1) is 8.90. The van der Waals surface area contributed by atoms with E-state index in [1.54, 1.807) is 0 Å². The van der Waals surface area contributed by atoms with E-state index in [0.29, 0.717) is 0 Å². The minimum absolute atomic E-state index is 0.768. The summed E-state index contributed by atoms with van der Waals surface area (Å²) in [7, 11) is 0. The fraction of sp³-hybridized carbons (Fsp3) is 0.500. The maximum absolute atomic E-state index is 3.31. The molecule has 0 unspecified atom stereocenters. The molecule has 1 aromatic carbocycles. The number of rotatable bonds is 4. The lowest BCUT2D eigenvalue weighted by atomic mass is 10.1. The number of hydrogen-bond donors (Lipinski definition) is 1. The van der Waals surface area contributed by atoms with Crippen molar-refractivity contribution in [1.29, 1.82) is 0 Å². The number of nitrogens with one attached hydrogen (secondary N) is 1. The molecule has 0 spiro atoms. The molecule has 0 saturated carbocycles. The van der Waals surface area contributed by atoms with Gasteiger partial charge < -0.3 is 10.2 Å². The maximum atomic E-state index is 3.31. The molecule has 1 saturated heterocycles. The summed E-state index contributed by atoms with van der Waals surface area (Å²) in [6.07, 6.45) is 4.05. The molecule has 1 aliphatic heterocycles. The molecule has 1 heterocycles. The van der Waals surface area contributed by atoms with Gasteiger partial charge in [-0.1, -0.05) is 18.1 Å². The second-order valence-electron chi connectivity index (χ2n) is 4.74. The first-order valence-electron chi connectivity index (χ1n) is 6.84. The van der Waals surface area contributed by atoms with Crippen molar-refractivity contribution in [3.63, 3.8) is 0 Å². The van der Waals surface area contributed by atoms with E-state index in [2.05, 4.69) is 46.3 Å². The summed E-state index contributed by atoms with van der Waals surface area (Å²) in [5.41, 5.74) is 2.69. The van der Waals surface area contributed by atoms with Crippen LogP contribution in [-0.4, -0.2) is 19.6 Å². The summed E-state index contributed by atoms with van der Waals surface area (Å²) in [5.74, 6) is 5.90. The van der Waals surface area contributed by atoms with Gasteiger partial charge in [-0.25, -0.2) is 0 Å². The van der Waals surface area contributed by atoms with Gasteiger partial charge in [-0.05, 0) is 43.9 Å². The van der Waals surface area contributed by atoms with Gasteiger partial charge in [-0.2, -0.15) is 0 Å². The number of nitrogens with zero attached hydrogens (tertiary/aromatic N) is 1. The van der Waals surface area contributed by atoms with Gasteiger partial charge in [0.2, 0.25) is 0 Å². The molecule has 0 atom stereocenters. The first-order valence-corrected chi connectivity index (χ1v) is 6.84. The molecular formula is C16H22N2. The summed E-state index contributed by atoms with van der Waals surface area (Å²) < 4.78 is 0. The van der Waals surface area contributed by atoms with E-state index in [0.717, 1.165) is 13.1 Å². The second kappa shape index (κ2) is 7.08. The Morgan fingerprint density at radius 2 is 1.83 bits per heavy atom. The van der Waals surface area contributed by atoms with Crippen LogP contribution in [0.3, 0.4) is 0 Å². The minimum atomic E-state index is 0.768. The van der Waals surface area contributed by atoms with Crippen molar-refractivity contribution in [3.8, 4) is 11.8 Å². The van der Waals surface area contributed by atoms with Crippen LogP contribution in [0.15, 0.2) is 24.3 Å². The Labute approximate surface area is 110 Å². The van der Waals surface area contributed by atoms with Gasteiger partial charge in [0.05, 0.1) is 6.54 Å². The Hall–Kier alpha value is -1.46. The molecule has 2 rings (SSSR count). The van der Waals surface area contributed by atoms with Crippen LogP contribution in [0.1, 0.15) is 31.7 Å². The molecule has 2 heteroatoms. The fourth-order valence-electron chi connectivity index (χ4n) is 2.33. The second-order valence-corrected chi connectivity index (χ2v) is 4.74. The zero-order chi connectivity index (χ0) is 12.6. The largest absolute Gasteiger partial charge is 0.372 e. The van der Waals surface area contributed by atoms with Crippen LogP contribution < -0.4 is 10.2 Å². The van der Waals surface area contributed by atoms with Gasteiger partial charge in [0.1, 0.15) is 0 Å². The zero-order valence-corrected chi connectivity index (χ0v) is 11.2. The van der Waals surface area contributed by atoms with E-state index in [9.17, 15) is 0 Å². The molecule has 1 N–H and O–H groups in total. The highest BCUT2D eigenvalue weighted by Gasteiger charge is 2.10. The van der Waals surface area contributed by atoms with Gasteiger partial charge in [0, 0.05) is 25.3 Å². The molecular weight excluding hydrogens is 220 g/mol. The number of piperidine rings is 1. The highest BCUT2D eigenvalue weighted by molar-refractivity contribution is 5.47. The van der Waals surface area contributed by atoms with Crippen LogP contribution in [0.25, 0.3) is 0 Å². The third kappa shape index (κ3) is 3.78. The van der Waals surface area contributed by atoms with Crippen molar-refractivity contribution in [3.05, 3.63) is 29.8 Å². The van der Waals surface area contributed by atoms with E-state index in [-0.39, 0.29) is 0 Å². The molecule has 0 radical (unpaired) electrons. The van der Waals surface area contributed by atoms with Crippen molar-refractivity contribution >= 4 is 5.69 Å². The van der Waals surface area contributed by atoms with Crippen LogP contribution in [0.4, 0.5) is 5.69 Å². The van der Waals surface area contributed by atoms with Crippen LogP contribution in [0, 0.1) is 11.8 Å². The van der Waals surface area contributed by atoms with Gasteiger partial charge >= 0.3 is 0 Å². The van der Waals surface area contributed by atoms with E-state index in [1.165, 1.54) is 43.6 Å². The average molecular weight is 242 g/mol. The Balaban J connectivity index is 1.85. The smallest absolute Gasteiger partial charge is 0.0578 e. The average Bonchev–Trinajstić information content (AvgIpc) is 2.45. The third-order valence-electron chi connectivity index (χ3n) is 3.38. The normalized spacial score (nSPS) is 15.1. The van der Waals surface area contributed by atoms with Crippen LogP contribution in [0.2, 0.25) is 0 Å². The van der Waals surface area contributed by atoms with E-state index >= 15 is 0 Å². The van der Waals surface area contributed by atoms with Crippen molar-refractivity contribution in [1.82, 2.24) is 5.32 Å². The molecule has 0 bridgehead atoms. The summed E-state index contributed by atoms with van der Waals surface area (Å²) in [4.78, 5) is 2.49. The van der Waals surface area contributed by atoms with E-state index in [4.69, 9.17) is 0 Å². The topological polar surface area (TPSA) is 15.3 Å². The van der Waals surface area contributed by atoms with Crippen molar-refractivity contribution in [2.45, 2.75) is 32.7 Å². The van der Waals surface area contributed by atoms with Gasteiger partial charge in [0.25, 0.3) is 0 Å². The van der Waals surface area contributed by atoms with Crippen LogP contribution >= 0.6 is 0 Å². The molecule has 0 aliphatic carbocycles. The zero-order valence-electron chi connectivity index (χ0n) is 11.2.